The summed E-state index contributed by atoms with van der Waals surface area (Å²) in [5.41, 5.74) is -4.34. The molecule has 2 saturated heterocycles. The maximum Gasteiger partial charge on any atom is 0.307 e. The number of fused-ring (bicyclic) bond motifs is 10. The number of alkyl halides is 2. The van der Waals surface area contributed by atoms with Gasteiger partial charge in [-0.3, -0.25) is 47.8 Å². The molecule has 10 aliphatic rings. The molecule has 0 radical (unpaired) electrons. The number of sulfonamides is 2. The minimum Gasteiger partial charge on any atom is -0.486 e. The van der Waals surface area contributed by atoms with Gasteiger partial charge in [-0.25, -0.2) is 35.6 Å². The summed E-state index contributed by atoms with van der Waals surface area (Å²) < 4.78 is 130. The smallest absolute Gasteiger partial charge is 0.307 e. The van der Waals surface area contributed by atoms with Crippen molar-refractivity contribution >= 4 is 88.7 Å². The predicted molar refractivity (Wildman–Crippen MR) is 415 cm³/mol. The van der Waals surface area contributed by atoms with Crippen LogP contribution < -0.4 is 37.9 Å². The molecule has 2 aromatic carbocycles. The topological polar surface area (TPSA) is 335 Å². The van der Waals surface area contributed by atoms with E-state index in [0.717, 1.165) is 23.6 Å². The molecule has 6 aliphatic heterocycles. The largest absolute Gasteiger partial charge is 0.486 e. The number of esters is 2. The van der Waals surface area contributed by atoms with Gasteiger partial charge >= 0.3 is 11.9 Å². The van der Waals surface area contributed by atoms with Gasteiger partial charge in [-0.1, -0.05) is 52.0 Å². The molecule has 2 N–H and O–H groups in total. The van der Waals surface area contributed by atoms with Crippen LogP contribution >= 0.6 is 0 Å². The number of allylic oxidation sites excluding steroid dienone is 4. The highest BCUT2D eigenvalue weighted by atomic mass is 32.2. The Kier molecular flexibility index (Phi) is 23.8. The van der Waals surface area contributed by atoms with E-state index in [2.05, 4.69) is 33.3 Å². The number of hydrogen-bond donors (Lipinski definition) is 2. The van der Waals surface area contributed by atoms with Crippen molar-refractivity contribution in [2.75, 3.05) is 52.9 Å². The lowest BCUT2D eigenvalue weighted by atomic mass is 9.82. The maximum atomic E-state index is 14.9. The van der Waals surface area contributed by atoms with Gasteiger partial charge in [0.15, 0.2) is 34.6 Å². The number of nitrogens with one attached hydrogen (secondary N) is 2. The fourth-order valence-corrected chi connectivity index (χ4v) is 20.5. The average Bonchev–Trinajstić information content (AvgIpc) is 1.55. The number of carbonyl (C=O) groups is 8. The summed E-state index contributed by atoms with van der Waals surface area (Å²) in [5.74, 6) is -4.11. The van der Waals surface area contributed by atoms with E-state index in [1.54, 1.807) is 78.2 Å². The zero-order valence-corrected chi connectivity index (χ0v) is 68.4. The first kappa shape index (κ1) is 83.4. The van der Waals surface area contributed by atoms with Gasteiger partial charge in [0.1, 0.15) is 72.7 Å². The molecule has 14 atom stereocenters. The van der Waals surface area contributed by atoms with E-state index in [4.69, 9.17) is 37.9 Å². The number of nitrogens with zero attached hydrogens (tertiary/aromatic N) is 4. The van der Waals surface area contributed by atoms with Crippen molar-refractivity contribution in [1.82, 2.24) is 29.2 Å². The monoisotopic (exact) mass is 1620 g/mol. The van der Waals surface area contributed by atoms with Crippen LogP contribution in [-0.2, 0) is 67.9 Å². The van der Waals surface area contributed by atoms with Crippen LogP contribution in [-0.4, -0.2) is 182 Å². The van der Waals surface area contributed by atoms with Gasteiger partial charge in [-0.05, 0) is 190 Å². The number of rotatable bonds is 16. The van der Waals surface area contributed by atoms with Gasteiger partial charge in [-0.2, -0.15) is 0 Å². The molecule has 4 aliphatic carbocycles. The average molecular weight is 1620 g/mol. The number of ketones is 2. The lowest BCUT2D eigenvalue weighted by molar-refractivity contribution is -0.160. The molecule has 0 spiro atoms. The van der Waals surface area contributed by atoms with Crippen molar-refractivity contribution in [3.63, 3.8) is 0 Å². The minimum atomic E-state index is -4.34. The van der Waals surface area contributed by atoms with E-state index in [0.29, 0.717) is 85.9 Å². The zero-order chi connectivity index (χ0) is 81.8. The third kappa shape index (κ3) is 17.7. The normalized spacial score (nSPS) is 30.6. The second kappa shape index (κ2) is 32.5. The van der Waals surface area contributed by atoms with Crippen molar-refractivity contribution < 1.29 is 102 Å². The fraction of sp³-hybridized carbons (Fsp3) is 0.643. The Morgan fingerprint density at radius 3 is 1.27 bits per heavy atom. The van der Waals surface area contributed by atoms with Crippen molar-refractivity contribution in [3.05, 3.63) is 73.1 Å². The van der Waals surface area contributed by atoms with Gasteiger partial charge in [-0.15, -0.1) is 0 Å². The predicted octanol–water partition coefficient (Wildman–Crippen LogP) is 11.3. The quantitative estimate of drug-likeness (QED) is 0.0777. The molecule has 14 rings (SSSR count). The highest BCUT2D eigenvalue weighted by molar-refractivity contribution is 7.92. The molecule has 620 valence electrons. The lowest BCUT2D eigenvalue weighted by Crippen LogP contribution is -2.48. The summed E-state index contributed by atoms with van der Waals surface area (Å²) in [6, 6.07) is 8.70. The molecule has 6 fully saturated rings. The standard InChI is InChI=1S/2C42H54FN3O10S/c2*1-25-8-6-7-9-27-21-42(27,39(50)45-57(51,52)41(24-43)13-14-41)22-33(47)32-19-28(23-46(32)38(49)31(26(2)18-25)20-35(48)56-40(3,4)5)55-37-30-10-11-34-36(54-17-16-53-34)29(30)12-15-44-37/h2*7,9-12,15,25-28,31-32H,6,8,13-14,16-24H2,1-5H3,(H,45,50)/b2*9-7-/t25-,26+,27+,28+,31-,32-,42+;25-,26-,27-,28-,31+,32+,42-/m01/s1. The minimum absolute atomic E-state index is 0.000872. The summed E-state index contributed by atoms with van der Waals surface area (Å²) in [6.45, 7) is 18.1. The number of ether oxygens (including phenoxy) is 8. The molecule has 2 aromatic heterocycles. The van der Waals surface area contributed by atoms with Crippen LogP contribution in [0.25, 0.3) is 21.5 Å². The Morgan fingerprint density at radius 2 is 0.912 bits per heavy atom. The highest BCUT2D eigenvalue weighted by Gasteiger charge is 2.66. The van der Waals surface area contributed by atoms with Crippen LogP contribution in [0.1, 0.15) is 185 Å². The van der Waals surface area contributed by atoms with E-state index in [-0.39, 0.29) is 126 Å². The Morgan fingerprint density at radius 1 is 0.535 bits per heavy atom. The number of halogens is 2. The molecule has 4 saturated carbocycles. The summed E-state index contributed by atoms with van der Waals surface area (Å²) in [6.07, 6.45) is 13.6. The Bertz CT molecular complexity index is 4420. The van der Waals surface area contributed by atoms with Gasteiger partial charge in [0.25, 0.3) is 0 Å². The van der Waals surface area contributed by atoms with Crippen LogP contribution in [0.15, 0.2) is 73.1 Å². The van der Waals surface area contributed by atoms with Crippen molar-refractivity contribution in [1.29, 1.82) is 0 Å². The number of Topliss-reactive ketones (excluding diaryl/α,β-unsaturated/α-hetero) is 2. The summed E-state index contributed by atoms with van der Waals surface area (Å²) in [4.78, 5) is 126. The van der Waals surface area contributed by atoms with E-state index >= 15 is 0 Å². The summed E-state index contributed by atoms with van der Waals surface area (Å²) in [5, 5.41) is 2.77. The lowest BCUT2D eigenvalue weighted by Gasteiger charge is -2.32. The molecule has 0 unspecified atom stereocenters. The SMILES string of the molecule is C[C@@H]1CC/C=C\[C@@H]2C[C@@]2(C(=O)NS(=O)(=O)C2(CF)CC2)CC(=O)[C@@H]2C[C@@H](Oc3nccc4c5c(ccc34)OCCO5)CN2C(=O)[C@@H](CC(=O)OC(C)(C)C)[C@H](C)C1.C[C@H]1CC/C=C\[C@@H]2C[C@@]2(C(=O)NS(=O)(=O)C2(CF)CC2)CC(=O)[C@@H]2C[C@@H](Oc3nccc4c5c(ccc34)OCCO5)CN2C(=O)[C@@H](CC(=O)OC(C)(C)C)[C@H](C)C1. The van der Waals surface area contributed by atoms with Crippen molar-refractivity contribution in [3.8, 4) is 34.8 Å². The van der Waals surface area contributed by atoms with Gasteiger partial charge in [0.2, 0.25) is 55.4 Å². The number of carbonyl (C=O) groups excluding carboxylic acids is 8. The van der Waals surface area contributed by atoms with Crippen LogP contribution in [0.2, 0.25) is 0 Å². The first-order valence-electron chi connectivity index (χ1n) is 40.3. The molecule has 4 amide bonds. The van der Waals surface area contributed by atoms with Crippen LogP contribution in [0.5, 0.6) is 34.8 Å². The van der Waals surface area contributed by atoms with Crippen LogP contribution in [0.4, 0.5) is 8.78 Å². The number of pyridine rings is 2. The highest BCUT2D eigenvalue weighted by Crippen LogP contribution is 2.60. The molecular formula is C84H108F2N6O20S2. The zero-order valence-electron chi connectivity index (χ0n) is 66.8. The van der Waals surface area contributed by atoms with Crippen LogP contribution in [0.3, 0.4) is 0 Å². The molecular weight excluding hydrogens is 1520 g/mol. The molecule has 4 aromatic rings. The number of hydrogen-bond acceptors (Lipinski definition) is 22. The number of benzene rings is 2. The molecule has 0 bridgehead atoms. The Hall–Kier alpha value is -8.54. The van der Waals surface area contributed by atoms with E-state index < -0.39 is 160 Å². The second-order valence-corrected chi connectivity index (χ2v) is 39.9. The fourth-order valence-electron chi connectivity index (χ4n) is 17.6. The Balaban J connectivity index is 0.000000199. The maximum absolute atomic E-state index is 14.9. The third-order valence-electron chi connectivity index (χ3n) is 24.6. The van der Waals surface area contributed by atoms with Crippen LogP contribution in [0, 0.1) is 58.2 Å². The van der Waals surface area contributed by atoms with E-state index in [1.165, 1.54) is 9.80 Å². The number of aromatic nitrogens is 2. The van der Waals surface area contributed by atoms with Gasteiger partial charge in [0.05, 0.1) is 60.7 Å². The third-order valence-corrected chi connectivity index (χ3v) is 28.8. The Labute approximate surface area is 665 Å². The van der Waals surface area contributed by atoms with Crippen molar-refractivity contribution in [2.45, 2.75) is 230 Å². The molecule has 26 nitrogen and oxygen atoms in total. The molecule has 114 heavy (non-hydrogen) atoms. The van der Waals surface area contributed by atoms with Gasteiger partial charge in [0, 0.05) is 59.6 Å². The van der Waals surface area contributed by atoms with Gasteiger partial charge < -0.3 is 47.7 Å². The molecule has 30 heteroatoms. The number of amides is 4. The summed E-state index contributed by atoms with van der Waals surface area (Å²) >= 11 is 0. The first-order valence-corrected chi connectivity index (χ1v) is 43.2. The van der Waals surface area contributed by atoms with E-state index in [1.807, 2.05) is 50.3 Å². The molecule has 8 heterocycles. The first-order chi connectivity index (χ1) is 53.9. The van der Waals surface area contributed by atoms with Crippen molar-refractivity contribution in [2.24, 2.45) is 58.2 Å². The van der Waals surface area contributed by atoms with E-state index in [9.17, 15) is 64.0 Å². The summed E-state index contributed by atoms with van der Waals surface area (Å²) in [7, 11) is -8.69. The second-order valence-electron chi connectivity index (χ2n) is 35.7.